The zero-order chi connectivity index (χ0) is 12.8. The third-order valence-corrected chi connectivity index (χ3v) is 2.98. The molecular formula is C13H19N3O2. The lowest BCUT2D eigenvalue weighted by atomic mass is 9.99. The van der Waals surface area contributed by atoms with Crippen molar-refractivity contribution in [3.8, 4) is 0 Å². The first-order valence-electron chi connectivity index (χ1n) is 6.38. The fourth-order valence-corrected chi connectivity index (χ4v) is 1.96. The van der Waals surface area contributed by atoms with Crippen LogP contribution >= 0.6 is 0 Å². The van der Waals surface area contributed by atoms with Crippen LogP contribution in [-0.2, 0) is 9.53 Å². The maximum atomic E-state index is 12.0. The monoisotopic (exact) mass is 249 g/mol. The molecule has 1 aromatic rings. The molecule has 2 N–H and O–H groups in total. The van der Waals surface area contributed by atoms with Gasteiger partial charge in [-0.1, -0.05) is 0 Å². The van der Waals surface area contributed by atoms with Gasteiger partial charge in [0.15, 0.2) is 0 Å². The van der Waals surface area contributed by atoms with Crippen LogP contribution in [0.4, 0.5) is 11.5 Å². The maximum Gasteiger partial charge on any atom is 0.227 e. The van der Waals surface area contributed by atoms with Crippen molar-refractivity contribution >= 4 is 17.4 Å². The lowest BCUT2D eigenvalue weighted by Crippen LogP contribution is -2.28. The van der Waals surface area contributed by atoms with Crippen LogP contribution in [0.3, 0.4) is 0 Å². The first kappa shape index (κ1) is 12.8. The van der Waals surface area contributed by atoms with Crippen LogP contribution in [0.2, 0.25) is 0 Å². The molecule has 1 aromatic heterocycles. The quantitative estimate of drug-likeness (QED) is 0.855. The van der Waals surface area contributed by atoms with E-state index >= 15 is 0 Å². The summed E-state index contributed by atoms with van der Waals surface area (Å²) in [5.74, 6) is 0.949. The van der Waals surface area contributed by atoms with Crippen LogP contribution in [0.15, 0.2) is 18.3 Å². The molecule has 98 valence electrons. The molecule has 18 heavy (non-hydrogen) atoms. The predicted octanol–water partition coefficient (Wildman–Crippen LogP) is 1.88. The van der Waals surface area contributed by atoms with Crippen LogP contribution in [0.25, 0.3) is 0 Å². The molecule has 1 fully saturated rings. The van der Waals surface area contributed by atoms with E-state index < -0.39 is 0 Å². The van der Waals surface area contributed by atoms with E-state index in [1.165, 1.54) is 0 Å². The lowest BCUT2D eigenvalue weighted by Gasteiger charge is -2.21. The summed E-state index contributed by atoms with van der Waals surface area (Å²) in [7, 11) is 0. The molecule has 0 radical (unpaired) electrons. The Kier molecular flexibility index (Phi) is 4.52. The van der Waals surface area contributed by atoms with Crippen LogP contribution in [0.5, 0.6) is 0 Å². The Morgan fingerprint density at radius 2 is 2.22 bits per heavy atom. The van der Waals surface area contributed by atoms with Gasteiger partial charge in [0.25, 0.3) is 0 Å². The van der Waals surface area contributed by atoms with E-state index in [1.807, 2.05) is 19.1 Å². The summed E-state index contributed by atoms with van der Waals surface area (Å²) in [5, 5.41) is 6.01. The third-order valence-electron chi connectivity index (χ3n) is 2.98. The minimum Gasteiger partial charge on any atom is -0.381 e. The number of rotatable bonds is 4. The molecule has 0 aromatic carbocycles. The van der Waals surface area contributed by atoms with Crippen molar-refractivity contribution < 1.29 is 9.53 Å². The Labute approximate surface area is 107 Å². The highest BCUT2D eigenvalue weighted by Gasteiger charge is 2.21. The zero-order valence-electron chi connectivity index (χ0n) is 10.6. The number of anilines is 2. The molecular weight excluding hydrogens is 230 g/mol. The molecule has 2 rings (SSSR count). The van der Waals surface area contributed by atoms with E-state index in [-0.39, 0.29) is 11.8 Å². The van der Waals surface area contributed by atoms with Gasteiger partial charge in [-0.3, -0.25) is 4.79 Å². The minimum absolute atomic E-state index is 0.0622. The number of aromatic nitrogens is 1. The van der Waals surface area contributed by atoms with Gasteiger partial charge in [-0.05, 0) is 31.9 Å². The SMILES string of the molecule is CCNc1ccc(NC(=O)C2CCOCC2)cn1. The second kappa shape index (κ2) is 6.35. The number of hydrogen-bond acceptors (Lipinski definition) is 4. The van der Waals surface area contributed by atoms with E-state index in [1.54, 1.807) is 6.20 Å². The molecule has 0 saturated carbocycles. The van der Waals surface area contributed by atoms with Gasteiger partial charge in [0.2, 0.25) is 5.91 Å². The van der Waals surface area contributed by atoms with Crippen molar-refractivity contribution in [2.24, 2.45) is 5.92 Å². The Morgan fingerprint density at radius 3 is 2.83 bits per heavy atom. The summed E-state index contributed by atoms with van der Waals surface area (Å²) < 4.78 is 5.24. The Bertz CT molecular complexity index is 386. The fraction of sp³-hybridized carbons (Fsp3) is 0.538. The molecule has 1 aliphatic heterocycles. The van der Waals surface area contributed by atoms with Gasteiger partial charge in [0.05, 0.1) is 11.9 Å². The predicted molar refractivity (Wildman–Crippen MR) is 70.6 cm³/mol. The van der Waals surface area contributed by atoms with Crippen LogP contribution < -0.4 is 10.6 Å². The maximum absolute atomic E-state index is 12.0. The van der Waals surface area contributed by atoms with Crippen molar-refractivity contribution in [1.29, 1.82) is 0 Å². The molecule has 5 heteroatoms. The summed E-state index contributed by atoms with van der Waals surface area (Å²) in [4.78, 5) is 16.2. The summed E-state index contributed by atoms with van der Waals surface area (Å²) in [5.41, 5.74) is 0.744. The molecule has 0 bridgehead atoms. The van der Waals surface area contributed by atoms with Crippen LogP contribution in [0.1, 0.15) is 19.8 Å². The Morgan fingerprint density at radius 1 is 1.44 bits per heavy atom. The highest BCUT2D eigenvalue weighted by molar-refractivity contribution is 5.92. The van der Waals surface area contributed by atoms with Gasteiger partial charge < -0.3 is 15.4 Å². The smallest absolute Gasteiger partial charge is 0.227 e. The highest BCUT2D eigenvalue weighted by atomic mass is 16.5. The van der Waals surface area contributed by atoms with Crippen molar-refractivity contribution in [3.63, 3.8) is 0 Å². The van der Waals surface area contributed by atoms with Gasteiger partial charge in [0, 0.05) is 25.7 Å². The van der Waals surface area contributed by atoms with Gasteiger partial charge in [-0.15, -0.1) is 0 Å². The normalized spacial score (nSPS) is 16.3. The average molecular weight is 249 g/mol. The molecule has 0 atom stereocenters. The number of pyridine rings is 1. The number of carbonyl (C=O) groups excluding carboxylic acids is 1. The average Bonchev–Trinajstić information content (AvgIpc) is 2.42. The van der Waals surface area contributed by atoms with E-state index in [9.17, 15) is 4.79 Å². The highest BCUT2D eigenvalue weighted by Crippen LogP contribution is 2.17. The summed E-state index contributed by atoms with van der Waals surface area (Å²) in [6.45, 7) is 4.20. The molecule has 1 aliphatic rings. The number of ether oxygens (including phenoxy) is 1. The van der Waals surface area contributed by atoms with Crippen molar-refractivity contribution in [3.05, 3.63) is 18.3 Å². The molecule has 0 aliphatic carbocycles. The number of nitrogens with one attached hydrogen (secondary N) is 2. The number of carbonyl (C=O) groups is 1. The fourth-order valence-electron chi connectivity index (χ4n) is 1.96. The Hall–Kier alpha value is -1.62. The summed E-state index contributed by atoms with van der Waals surface area (Å²) in [6.07, 6.45) is 3.28. The van der Waals surface area contributed by atoms with Crippen LogP contribution in [-0.4, -0.2) is 30.6 Å². The molecule has 1 saturated heterocycles. The van der Waals surface area contributed by atoms with E-state index in [0.717, 1.165) is 30.9 Å². The van der Waals surface area contributed by atoms with Gasteiger partial charge in [0.1, 0.15) is 5.82 Å². The molecule has 0 spiro atoms. The van der Waals surface area contributed by atoms with Crippen molar-refractivity contribution in [1.82, 2.24) is 4.98 Å². The molecule has 2 heterocycles. The van der Waals surface area contributed by atoms with Crippen LogP contribution in [0, 0.1) is 5.92 Å². The molecule has 5 nitrogen and oxygen atoms in total. The topological polar surface area (TPSA) is 63.2 Å². The zero-order valence-corrected chi connectivity index (χ0v) is 10.6. The minimum atomic E-state index is 0.0622. The van der Waals surface area contributed by atoms with E-state index in [2.05, 4.69) is 15.6 Å². The molecule has 0 unspecified atom stereocenters. The summed E-state index contributed by atoms with van der Waals surface area (Å²) >= 11 is 0. The van der Waals surface area contributed by atoms with Gasteiger partial charge in [-0.2, -0.15) is 0 Å². The van der Waals surface area contributed by atoms with Crippen molar-refractivity contribution in [2.45, 2.75) is 19.8 Å². The first-order chi connectivity index (χ1) is 8.79. The van der Waals surface area contributed by atoms with Crippen molar-refractivity contribution in [2.75, 3.05) is 30.4 Å². The van der Waals surface area contributed by atoms with E-state index in [0.29, 0.717) is 13.2 Å². The third kappa shape index (κ3) is 3.43. The standard InChI is InChI=1S/C13H19N3O2/c1-2-14-12-4-3-11(9-15-12)16-13(17)10-5-7-18-8-6-10/h3-4,9-10H,2,5-8H2,1H3,(H,14,15)(H,16,17). The van der Waals surface area contributed by atoms with Gasteiger partial charge >= 0.3 is 0 Å². The summed E-state index contributed by atoms with van der Waals surface area (Å²) in [6, 6.07) is 3.73. The Balaban J connectivity index is 1.89. The lowest BCUT2D eigenvalue weighted by molar-refractivity contribution is -0.122. The molecule has 1 amide bonds. The second-order valence-corrected chi connectivity index (χ2v) is 4.34. The van der Waals surface area contributed by atoms with E-state index in [4.69, 9.17) is 4.74 Å². The second-order valence-electron chi connectivity index (χ2n) is 4.34. The number of amides is 1. The largest absolute Gasteiger partial charge is 0.381 e. The van der Waals surface area contributed by atoms with Gasteiger partial charge in [-0.25, -0.2) is 4.98 Å². The first-order valence-corrected chi connectivity index (χ1v) is 6.38. The number of nitrogens with zero attached hydrogens (tertiary/aromatic N) is 1. The number of hydrogen-bond donors (Lipinski definition) is 2.